The topological polar surface area (TPSA) is 86.9 Å². The number of hydrogen-bond acceptors (Lipinski definition) is 3. The van der Waals surface area contributed by atoms with Crippen LogP contribution in [0.5, 0.6) is 0 Å². The molecule has 0 atom stereocenters. The molecule has 0 saturated heterocycles. The highest BCUT2D eigenvalue weighted by molar-refractivity contribution is 5.94. The van der Waals surface area contributed by atoms with Crippen LogP contribution in [0, 0.1) is 0 Å². The van der Waals surface area contributed by atoms with Gasteiger partial charge in [0.15, 0.2) is 0 Å². The van der Waals surface area contributed by atoms with Gasteiger partial charge < -0.3 is 15.6 Å². The van der Waals surface area contributed by atoms with Crippen LogP contribution in [-0.2, 0) is 11.2 Å². The van der Waals surface area contributed by atoms with Crippen molar-refractivity contribution in [2.45, 2.75) is 19.3 Å². The van der Waals surface area contributed by atoms with Crippen LogP contribution < -0.4 is 10.6 Å². The number of rotatable bonds is 8. The number of fused-ring (bicyclic) bond motifs is 1. The predicted molar refractivity (Wildman–Crippen MR) is 101 cm³/mol. The highest BCUT2D eigenvalue weighted by Crippen LogP contribution is 2.11. The summed E-state index contributed by atoms with van der Waals surface area (Å²) in [6.45, 7) is 0.824. The lowest BCUT2D eigenvalue weighted by molar-refractivity contribution is -0.121. The minimum absolute atomic E-state index is 0.0185. The van der Waals surface area contributed by atoms with Gasteiger partial charge in [-0.1, -0.05) is 30.3 Å². The van der Waals surface area contributed by atoms with E-state index in [1.165, 1.54) is 0 Å². The molecule has 0 fully saturated rings. The second kappa shape index (κ2) is 8.80. The molecule has 3 aromatic rings. The van der Waals surface area contributed by atoms with Crippen molar-refractivity contribution in [2.24, 2.45) is 0 Å². The average molecular weight is 350 g/mol. The van der Waals surface area contributed by atoms with Gasteiger partial charge >= 0.3 is 0 Å². The average Bonchev–Trinajstić information content (AvgIpc) is 3.08. The fraction of sp³-hybridized carbons (Fsp3) is 0.250. The van der Waals surface area contributed by atoms with Gasteiger partial charge in [-0.3, -0.25) is 9.59 Å². The molecule has 3 rings (SSSR count). The van der Waals surface area contributed by atoms with Gasteiger partial charge in [0.2, 0.25) is 5.91 Å². The van der Waals surface area contributed by atoms with E-state index < -0.39 is 0 Å². The van der Waals surface area contributed by atoms with Gasteiger partial charge in [-0.25, -0.2) is 4.98 Å². The van der Waals surface area contributed by atoms with E-state index in [-0.39, 0.29) is 11.8 Å². The molecule has 0 saturated carbocycles. The molecule has 0 spiro atoms. The third kappa shape index (κ3) is 4.92. The van der Waals surface area contributed by atoms with Crippen molar-refractivity contribution in [1.82, 2.24) is 20.6 Å². The van der Waals surface area contributed by atoms with Gasteiger partial charge in [-0.05, 0) is 30.7 Å². The first-order valence-corrected chi connectivity index (χ1v) is 8.76. The molecular weight excluding hydrogens is 328 g/mol. The van der Waals surface area contributed by atoms with Gasteiger partial charge in [-0.2, -0.15) is 0 Å². The summed E-state index contributed by atoms with van der Waals surface area (Å²) < 4.78 is 0. The minimum Gasteiger partial charge on any atom is -0.354 e. The Bertz CT molecular complexity index is 841. The van der Waals surface area contributed by atoms with Crippen LogP contribution in [0.15, 0.2) is 54.6 Å². The van der Waals surface area contributed by atoms with E-state index in [1.807, 2.05) is 42.5 Å². The second-order valence-corrected chi connectivity index (χ2v) is 6.03. The first-order chi connectivity index (χ1) is 12.7. The predicted octanol–water partition coefficient (Wildman–Crippen LogP) is 2.43. The number of benzene rings is 2. The Labute approximate surface area is 152 Å². The molecule has 3 N–H and O–H groups in total. The maximum absolute atomic E-state index is 11.9. The largest absolute Gasteiger partial charge is 0.354 e. The number of imidazole rings is 1. The van der Waals surface area contributed by atoms with Crippen LogP contribution in [0.25, 0.3) is 11.0 Å². The lowest BCUT2D eigenvalue weighted by Gasteiger charge is -2.07. The SMILES string of the molecule is O=C(CCCc1nc2ccccc2[nH]1)NCCNC(=O)c1ccccc1. The fourth-order valence-corrected chi connectivity index (χ4v) is 2.70. The second-order valence-electron chi connectivity index (χ2n) is 6.03. The lowest BCUT2D eigenvalue weighted by Crippen LogP contribution is -2.34. The molecule has 2 amide bonds. The molecule has 0 aliphatic heterocycles. The Morgan fingerprint density at radius 2 is 1.65 bits per heavy atom. The first kappa shape index (κ1) is 17.7. The Balaban J connectivity index is 1.31. The Hall–Kier alpha value is -3.15. The van der Waals surface area contributed by atoms with Crippen LogP contribution >= 0.6 is 0 Å². The summed E-state index contributed by atoms with van der Waals surface area (Å²) in [4.78, 5) is 31.5. The number of aryl methyl sites for hydroxylation is 1. The van der Waals surface area contributed by atoms with Crippen molar-refractivity contribution in [3.05, 3.63) is 66.0 Å². The van der Waals surface area contributed by atoms with Gasteiger partial charge in [0.05, 0.1) is 11.0 Å². The highest BCUT2D eigenvalue weighted by atomic mass is 16.2. The number of nitrogens with one attached hydrogen (secondary N) is 3. The number of amides is 2. The highest BCUT2D eigenvalue weighted by Gasteiger charge is 2.06. The Kier molecular flexibility index (Phi) is 5.98. The summed E-state index contributed by atoms with van der Waals surface area (Å²) >= 11 is 0. The van der Waals surface area contributed by atoms with E-state index in [4.69, 9.17) is 0 Å². The number of aromatic amines is 1. The van der Waals surface area contributed by atoms with Crippen molar-refractivity contribution >= 4 is 22.8 Å². The summed E-state index contributed by atoms with van der Waals surface area (Å²) in [5.74, 6) is 0.744. The van der Waals surface area contributed by atoms with Crippen LogP contribution in [-0.4, -0.2) is 34.9 Å². The molecule has 1 aromatic heterocycles. The molecule has 0 bridgehead atoms. The number of aromatic nitrogens is 2. The van der Waals surface area contributed by atoms with Crippen LogP contribution in [0.2, 0.25) is 0 Å². The summed E-state index contributed by atoms with van der Waals surface area (Å²) in [5, 5.41) is 5.60. The smallest absolute Gasteiger partial charge is 0.251 e. The van der Waals surface area contributed by atoms with Crippen LogP contribution in [0.4, 0.5) is 0 Å². The van der Waals surface area contributed by atoms with E-state index >= 15 is 0 Å². The molecule has 1 heterocycles. The number of carbonyl (C=O) groups excluding carboxylic acids is 2. The molecule has 0 radical (unpaired) electrons. The number of H-pyrrole nitrogens is 1. The number of hydrogen-bond donors (Lipinski definition) is 3. The molecule has 134 valence electrons. The summed E-state index contributed by atoms with van der Waals surface area (Å²) in [6, 6.07) is 16.9. The Morgan fingerprint density at radius 1 is 0.923 bits per heavy atom. The van der Waals surface area contributed by atoms with E-state index in [2.05, 4.69) is 20.6 Å². The molecule has 0 unspecified atom stereocenters. The zero-order valence-corrected chi connectivity index (χ0v) is 14.5. The van der Waals surface area contributed by atoms with Crippen molar-refractivity contribution in [3.63, 3.8) is 0 Å². The van der Waals surface area contributed by atoms with Gasteiger partial charge in [-0.15, -0.1) is 0 Å². The normalized spacial score (nSPS) is 10.6. The van der Waals surface area contributed by atoms with Crippen molar-refractivity contribution in [3.8, 4) is 0 Å². The quantitative estimate of drug-likeness (QED) is 0.545. The van der Waals surface area contributed by atoms with E-state index in [9.17, 15) is 9.59 Å². The molecular formula is C20H22N4O2. The minimum atomic E-state index is -0.135. The maximum atomic E-state index is 11.9. The summed E-state index contributed by atoms with van der Waals surface area (Å²) in [6.07, 6.45) is 1.89. The lowest BCUT2D eigenvalue weighted by atomic mass is 10.2. The van der Waals surface area contributed by atoms with Crippen molar-refractivity contribution in [1.29, 1.82) is 0 Å². The van der Waals surface area contributed by atoms with Crippen molar-refractivity contribution in [2.75, 3.05) is 13.1 Å². The van der Waals surface area contributed by atoms with Gasteiger partial charge in [0.1, 0.15) is 5.82 Å². The zero-order valence-electron chi connectivity index (χ0n) is 14.5. The monoisotopic (exact) mass is 350 g/mol. The Morgan fingerprint density at radius 3 is 2.46 bits per heavy atom. The molecule has 0 aliphatic rings. The van der Waals surface area contributed by atoms with Crippen molar-refractivity contribution < 1.29 is 9.59 Å². The third-order valence-corrected chi connectivity index (χ3v) is 4.02. The summed E-state index contributed by atoms with van der Waals surface area (Å²) in [5.41, 5.74) is 2.58. The summed E-state index contributed by atoms with van der Waals surface area (Å²) in [7, 11) is 0. The fourth-order valence-electron chi connectivity index (χ4n) is 2.70. The standard InChI is InChI=1S/C20H22N4O2/c25-19(21-13-14-22-20(26)15-7-2-1-3-8-15)12-6-11-18-23-16-9-4-5-10-17(16)24-18/h1-5,7-10H,6,11-14H2,(H,21,25)(H,22,26)(H,23,24). The first-order valence-electron chi connectivity index (χ1n) is 8.76. The molecule has 26 heavy (non-hydrogen) atoms. The third-order valence-electron chi connectivity index (χ3n) is 4.02. The zero-order chi connectivity index (χ0) is 18.2. The molecule has 2 aromatic carbocycles. The number of nitrogens with zero attached hydrogens (tertiary/aromatic N) is 1. The number of carbonyl (C=O) groups is 2. The van der Waals surface area contributed by atoms with Crippen LogP contribution in [0.3, 0.4) is 0 Å². The number of para-hydroxylation sites is 2. The van der Waals surface area contributed by atoms with Crippen LogP contribution in [0.1, 0.15) is 29.0 Å². The van der Waals surface area contributed by atoms with Gasteiger partial charge in [0.25, 0.3) is 5.91 Å². The maximum Gasteiger partial charge on any atom is 0.251 e. The van der Waals surface area contributed by atoms with E-state index in [0.717, 1.165) is 29.7 Å². The van der Waals surface area contributed by atoms with E-state index in [1.54, 1.807) is 12.1 Å². The van der Waals surface area contributed by atoms with E-state index in [0.29, 0.717) is 25.1 Å². The molecule has 0 aliphatic carbocycles. The molecule has 6 nitrogen and oxygen atoms in total. The molecule has 6 heteroatoms. The van der Waals surface area contributed by atoms with Gasteiger partial charge in [0, 0.05) is 31.5 Å².